The van der Waals surface area contributed by atoms with E-state index in [-0.39, 0.29) is 17.9 Å². The molecule has 5 heterocycles. The van der Waals surface area contributed by atoms with Gasteiger partial charge >= 0.3 is 5.97 Å². The van der Waals surface area contributed by atoms with Crippen molar-refractivity contribution in [3.63, 3.8) is 0 Å². The summed E-state index contributed by atoms with van der Waals surface area (Å²) in [5.74, 6) is 0.567. The Morgan fingerprint density at radius 3 is 2.73 bits per heavy atom. The first-order valence-corrected chi connectivity index (χ1v) is 10.9. The topological polar surface area (TPSA) is 97.2 Å². The van der Waals surface area contributed by atoms with Gasteiger partial charge in [0.2, 0.25) is 5.95 Å². The molecule has 0 N–H and O–H groups in total. The number of carbonyl (C=O) groups excluding carboxylic acids is 1. The molecule has 0 amide bonds. The van der Waals surface area contributed by atoms with Gasteiger partial charge in [0.1, 0.15) is 5.82 Å². The van der Waals surface area contributed by atoms with Gasteiger partial charge in [-0.2, -0.15) is 4.39 Å². The second-order valence-electron chi connectivity index (χ2n) is 8.25. The van der Waals surface area contributed by atoms with Crippen LogP contribution in [0.25, 0.3) is 11.6 Å². The van der Waals surface area contributed by atoms with Crippen LogP contribution in [-0.2, 0) is 16.0 Å². The number of carbonyl (C=O) groups is 1. The minimum Gasteiger partial charge on any atom is -0.469 e. The van der Waals surface area contributed by atoms with Crippen molar-refractivity contribution in [1.82, 2.24) is 24.9 Å². The second-order valence-corrected chi connectivity index (χ2v) is 8.25. The van der Waals surface area contributed by atoms with Crippen LogP contribution in [0, 0.1) is 11.9 Å². The molecule has 2 aliphatic heterocycles. The van der Waals surface area contributed by atoms with E-state index in [2.05, 4.69) is 29.8 Å². The molecule has 1 fully saturated rings. The second kappa shape index (κ2) is 8.68. The number of aromatic nitrogens is 5. The Bertz CT molecular complexity index is 1180. The van der Waals surface area contributed by atoms with Gasteiger partial charge in [-0.25, -0.2) is 24.9 Å². The van der Waals surface area contributed by atoms with E-state index in [1.807, 2.05) is 17.9 Å². The zero-order valence-corrected chi connectivity index (χ0v) is 18.5. The van der Waals surface area contributed by atoms with Crippen molar-refractivity contribution < 1.29 is 13.9 Å². The maximum absolute atomic E-state index is 14.5. The third kappa shape index (κ3) is 4.08. The predicted octanol–water partition coefficient (Wildman–Crippen LogP) is 2.59. The van der Waals surface area contributed by atoms with Gasteiger partial charge in [0.25, 0.3) is 0 Å². The molecule has 2 aliphatic rings. The molecular weight excluding hydrogens is 425 g/mol. The molecule has 0 bridgehead atoms. The highest BCUT2D eigenvalue weighted by Gasteiger charge is 2.31. The average Bonchev–Trinajstić information content (AvgIpc) is 3.34. The van der Waals surface area contributed by atoms with Crippen LogP contribution in [0.2, 0.25) is 0 Å². The molecule has 0 saturated carbocycles. The van der Waals surface area contributed by atoms with Gasteiger partial charge < -0.3 is 14.5 Å². The Balaban J connectivity index is 1.39. The Hall–Kier alpha value is -3.69. The summed E-state index contributed by atoms with van der Waals surface area (Å²) < 4.78 is 19.4. The fourth-order valence-electron chi connectivity index (χ4n) is 4.55. The number of esters is 1. The lowest BCUT2D eigenvalue weighted by atomic mass is 9.99. The average molecular weight is 449 g/mol. The van der Waals surface area contributed by atoms with E-state index in [4.69, 9.17) is 4.74 Å². The van der Waals surface area contributed by atoms with Gasteiger partial charge in [-0.05, 0) is 19.4 Å². The Kier molecular flexibility index (Phi) is 5.57. The van der Waals surface area contributed by atoms with Crippen molar-refractivity contribution in [2.24, 2.45) is 5.92 Å². The molecule has 10 heteroatoms. The normalized spacial score (nSPS) is 20.0. The van der Waals surface area contributed by atoms with Crippen molar-refractivity contribution >= 4 is 17.5 Å². The maximum Gasteiger partial charge on any atom is 0.310 e. The van der Waals surface area contributed by atoms with Crippen molar-refractivity contribution in [2.75, 3.05) is 36.5 Å². The summed E-state index contributed by atoms with van der Waals surface area (Å²) in [4.78, 5) is 37.7. The first-order chi connectivity index (χ1) is 16.0. The Labute approximate surface area is 190 Å². The first kappa shape index (κ1) is 21.2. The number of anilines is 2. The summed E-state index contributed by atoms with van der Waals surface area (Å²) in [6.07, 6.45) is 6.48. The third-order valence-corrected chi connectivity index (χ3v) is 6.32. The molecule has 0 radical (unpaired) electrons. The van der Waals surface area contributed by atoms with Crippen LogP contribution in [0.1, 0.15) is 30.6 Å². The molecule has 170 valence electrons. The number of halogens is 1. The van der Waals surface area contributed by atoms with Gasteiger partial charge in [-0.1, -0.05) is 0 Å². The zero-order chi connectivity index (χ0) is 22.9. The molecule has 3 aromatic heterocycles. The Morgan fingerprint density at radius 2 is 1.94 bits per heavy atom. The minimum absolute atomic E-state index is 0.0805. The lowest BCUT2D eigenvalue weighted by Gasteiger charge is -2.36. The first-order valence-electron chi connectivity index (χ1n) is 10.9. The number of methoxy groups -OCH3 is 1. The number of ether oxygens (including phenoxy) is 1. The number of nitrogens with zero attached hydrogens (tertiary/aromatic N) is 7. The van der Waals surface area contributed by atoms with E-state index >= 15 is 0 Å². The number of fused-ring (bicyclic) bond motifs is 1. The molecule has 0 aliphatic carbocycles. The van der Waals surface area contributed by atoms with Crippen molar-refractivity contribution in [3.8, 4) is 11.6 Å². The van der Waals surface area contributed by atoms with Crippen LogP contribution < -0.4 is 9.80 Å². The van der Waals surface area contributed by atoms with Crippen LogP contribution in [0.5, 0.6) is 0 Å². The molecule has 2 unspecified atom stereocenters. The summed E-state index contributed by atoms with van der Waals surface area (Å²) in [6, 6.07) is 4.97. The highest BCUT2D eigenvalue weighted by Crippen LogP contribution is 2.35. The highest BCUT2D eigenvalue weighted by atomic mass is 19.1. The summed E-state index contributed by atoms with van der Waals surface area (Å²) >= 11 is 0. The SMILES string of the molecule is COC(=O)C1CCN(c2cc(F)nc(N3CCc4nc(-c5ncccn5)ncc4C3C)c2)C1. The third-order valence-electron chi connectivity index (χ3n) is 6.32. The van der Waals surface area contributed by atoms with E-state index in [0.29, 0.717) is 49.9 Å². The number of hydrogen-bond acceptors (Lipinski definition) is 9. The molecule has 5 rings (SSSR count). The van der Waals surface area contributed by atoms with Gasteiger partial charge in [-0.3, -0.25) is 4.79 Å². The summed E-state index contributed by atoms with van der Waals surface area (Å²) in [6.45, 7) is 3.85. The van der Waals surface area contributed by atoms with Gasteiger partial charge in [0, 0.05) is 68.0 Å². The molecule has 1 saturated heterocycles. The van der Waals surface area contributed by atoms with Crippen LogP contribution in [0.4, 0.5) is 15.9 Å². The fraction of sp³-hybridized carbons (Fsp3) is 0.391. The molecule has 3 aromatic rings. The van der Waals surface area contributed by atoms with Crippen molar-refractivity contribution in [1.29, 1.82) is 0 Å². The van der Waals surface area contributed by atoms with Crippen LogP contribution in [0.15, 0.2) is 36.8 Å². The largest absolute Gasteiger partial charge is 0.469 e. The number of pyridine rings is 1. The number of hydrogen-bond donors (Lipinski definition) is 0. The Morgan fingerprint density at radius 1 is 1.12 bits per heavy atom. The quantitative estimate of drug-likeness (QED) is 0.440. The summed E-state index contributed by atoms with van der Waals surface area (Å²) in [5, 5.41) is 0. The van der Waals surface area contributed by atoms with Gasteiger partial charge in [0.05, 0.1) is 24.8 Å². The van der Waals surface area contributed by atoms with Crippen LogP contribution in [-0.4, -0.2) is 57.6 Å². The van der Waals surface area contributed by atoms with E-state index < -0.39 is 5.95 Å². The van der Waals surface area contributed by atoms with Gasteiger partial charge in [-0.15, -0.1) is 0 Å². The monoisotopic (exact) mass is 449 g/mol. The maximum atomic E-state index is 14.5. The predicted molar refractivity (Wildman–Crippen MR) is 119 cm³/mol. The molecule has 0 spiro atoms. The smallest absolute Gasteiger partial charge is 0.310 e. The van der Waals surface area contributed by atoms with E-state index in [0.717, 1.165) is 16.9 Å². The van der Waals surface area contributed by atoms with E-state index in [1.165, 1.54) is 13.2 Å². The molecule has 0 aromatic carbocycles. The standard InChI is InChI=1S/C23H24FN7O2/c1-14-17-12-27-22(21-25-6-3-7-26-21)28-18(17)5-9-31(14)20-11-16(10-19(24)29-20)30-8-4-15(13-30)23(32)33-2/h3,6-7,10-12,14-15H,4-5,8-9,13H2,1-2H3. The van der Waals surface area contributed by atoms with Crippen LogP contribution >= 0.6 is 0 Å². The fourth-order valence-corrected chi connectivity index (χ4v) is 4.55. The lowest BCUT2D eigenvalue weighted by Crippen LogP contribution is -2.35. The molecule has 2 atom stereocenters. The van der Waals surface area contributed by atoms with E-state index in [9.17, 15) is 9.18 Å². The highest BCUT2D eigenvalue weighted by molar-refractivity contribution is 5.74. The molecule has 9 nitrogen and oxygen atoms in total. The summed E-state index contributed by atoms with van der Waals surface area (Å²) in [7, 11) is 1.39. The lowest BCUT2D eigenvalue weighted by molar-refractivity contribution is -0.144. The molecular formula is C23H24FN7O2. The van der Waals surface area contributed by atoms with Crippen molar-refractivity contribution in [2.45, 2.75) is 25.8 Å². The van der Waals surface area contributed by atoms with Gasteiger partial charge in [0.15, 0.2) is 11.6 Å². The zero-order valence-electron chi connectivity index (χ0n) is 18.5. The molecule has 33 heavy (non-hydrogen) atoms. The van der Waals surface area contributed by atoms with Crippen LogP contribution in [0.3, 0.4) is 0 Å². The van der Waals surface area contributed by atoms with Crippen molar-refractivity contribution in [3.05, 3.63) is 54.0 Å². The summed E-state index contributed by atoms with van der Waals surface area (Å²) in [5.41, 5.74) is 2.63. The van der Waals surface area contributed by atoms with E-state index in [1.54, 1.807) is 24.7 Å². The number of rotatable bonds is 4. The minimum atomic E-state index is -0.546.